The highest BCUT2D eigenvalue weighted by Gasteiger charge is 2.64. The molecule has 0 unspecified atom stereocenters. The van der Waals surface area contributed by atoms with E-state index in [1.807, 2.05) is 4.72 Å². The lowest BCUT2D eigenvalue weighted by Gasteiger charge is -2.33. The van der Waals surface area contributed by atoms with Gasteiger partial charge in [-0.1, -0.05) is 12.2 Å². The maximum atomic E-state index is 14.7. The van der Waals surface area contributed by atoms with Crippen molar-refractivity contribution in [2.75, 3.05) is 20.3 Å². The second-order valence-electron chi connectivity index (χ2n) is 15.9. The summed E-state index contributed by atoms with van der Waals surface area (Å²) in [6.45, 7) is 3.62. The minimum Gasteiger partial charge on any atom is -0.496 e. The first-order chi connectivity index (χ1) is 27.3. The van der Waals surface area contributed by atoms with Gasteiger partial charge in [0.1, 0.15) is 46.7 Å². The van der Waals surface area contributed by atoms with Crippen LogP contribution in [-0.2, 0) is 33.9 Å². The lowest BCUT2D eigenvalue weighted by molar-refractivity contribution is -0.145. The number of rotatable bonds is 10. The van der Waals surface area contributed by atoms with E-state index in [-0.39, 0.29) is 49.2 Å². The lowest BCUT2D eigenvalue weighted by Crippen LogP contribution is -2.60. The monoisotopic (exact) mass is 841 g/mol. The maximum absolute atomic E-state index is 14.7. The Kier molecular flexibility index (Phi) is 11.9. The van der Waals surface area contributed by atoms with Gasteiger partial charge >= 0.3 is 6.09 Å². The third-order valence-electron chi connectivity index (χ3n) is 11.2. The van der Waals surface area contributed by atoms with Crippen molar-refractivity contribution in [1.29, 1.82) is 0 Å². The van der Waals surface area contributed by atoms with E-state index in [1.165, 1.54) is 32.4 Å². The summed E-state index contributed by atoms with van der Waals surface area (Å²) in [5, 5.41) is 5.68. The summed E-state index contributed by atoms with van der Waals surface area (Å²) < 4.78 is 105. The molecule has 3 heterocycles. The highest BCUT2D eigenvalue weighted by molar-refractivity contribution is 7.91. The van der Waals surface area contributed by atoms with Crippen molar-refractivity contribution in [1.82, 2.24) is 25.2 Å². The summed E-state index contributed by atoms with van der Waals surface area (Å²) >= 11 is 0. The van der Waals surface area contributed by atoms with Crippen molar-refractivity contribution < 1.29 is 64.1 Å². The number of pyridine rings is 1. The van der Waals surface area contributed by atoms with Gasteiger partial charge in [0.05, 0.1) is 31.2 Å². The van der Waals surface area contributed by atoms with Gasteiger partial charge in [-0.2, -0.15) is 0 Å². The summed E-state index contributed by atoms with van der Waals surface area (Å²) in [5.74, 6) is -4.10. The number of hydrogen-bond acceptors (Lipinski definition) is 11. The lowest BCUT2D eigenvalue weighted by atomic mass is 10.1. The number of allylic oxidation sites excluding steroid dienone is 1. The van der Waals surface area contributed by atoms with Crippen molar-refractivity contribution in [3.8, 4) is 11.6 Å². The zero-order valence-corrected chi connectivity index (χ0v) is 33.4. The average molecular weight is 842 g/mol. The van der Waals surface area contributed by atoms with Gasteiger partial charge in [0, 0.05) is 30.0 Å². The van der Waals surface area contributed by atoms with Crippen LogP contribution in [0.25, 0.3) is 10.8 Å². The highest BCUT2D eigenvalue weighted by Crippen LogP contribution is 2.48. The molecular weight excluding hydrogens is 795 g/mol. The van der Waals surface area contributed by atoms with Gasteiger partial charge < -0.3 is 34.5 Å². The van der Waals surface area contributed by atoms with E-state index in [0.717, 1.165) is 18.7 Å². The molecule has 0 spiro atoms. The molecule has 1 saturated heterocycles. The van der Waals surface area contributed by atoms with E-state index in [9.17, 15) is 45.2 Å². The van der Waals surface area contributed by atoms with Crippen LogP contribution in [0, 0.1) is 11.7 Å². The van der Waals surface area contributed by atoms with E-state index in [1.54, 1.807) is 25.1 Å². The standard InChI is InChI=1S/C38H47F4N5O10S/c1-20-8-6-7-9-22-17-38(22,34(50)46-58(52,53)37(19-39)11-12-37)45-30(48)27-16-24(56-31-26-14-23(40)15-28(54-5)25(26)10-13-43-31)18-47(27)32(49)29(21(2)55-20)44-35(51)57-36(3,4)33(41)42/h7,9-10,13-15,20-22,24,27,29,33H,6,8,11-12,16-19H2,1-5H3,(H,44,51)(H,45,48)(H,46,50)/b9-7-/t20-,21+,22-,24-,27+,29+,38-/m1/s1. The molecule has 0 radical (unpaired) electrons. The van der Waals surface area contributed by atoms with Crippen molar-refractivity contribution in [2.24, 2.45) is 5.92 Å². The number of hydrogen-bond donors (Lipinski definition) is 3. The smallest absolute Gasteiger partial charge is 0.408 e. The molecule has 2 saturated carbocycles. The Labute approximate surface area is 332 Å². The van der Waals surface area contributed by atoms with Crippen LogP contribution in [0.3, 0.4) is 0 Å². The number of alkyl carbamates (subject to hydrolysis) is 1. The molecule has 2 aromatic rings. The number of carbonyl (C=O) groups excluding carboxylic acids is 4. The minimum absolute atomic E-state index is 0.0153. The third-order valence-corrected chi connectivity index (χ3v) is 13.3. The average Bonchev–Trinajstić information content (AvgIpc) is 4.06. The van der Waals surface area contributed by atoms with Crippen LogP contribution in [0.4, 0.5) is 22.4 Å². The fraction of sp³-hybridized carbons (Fsp3) is 0.605. The van der Waals surface area contributed by atoms with Gasteiger partial charge in [0.25, 0.3) is 12.3 Å². The summed E-state index contributed by atoms with van der Waals surface area (Å²) in [5.41, 5.74) is -4.05. The van der Waals surface area contributed by atoms with E-state index < -0.39 is 105 Å². The van der Waals surface area contributed by atoms with Crippen LogP contribution >= 0.6 is 0 Å². The maximum Gasteiger partial charge on any atom is 0.408 e. The first-order valence-corrected chi connectivity index (χ1v) is 20.4. The molecule has 58 heavy (non-hydrogen) atoms. The zero-order chi connectivity index (χ0) is 42.4. The summed E-state index contributed by atoms with van der Waals surface area (Å²) in [6.07, 6.45) is -1.80. The largest absolute Gasteiger partial charge is 0.496 e. The van der Waals surface area contributed by atoms with E-state index in [4.69, 9.17) is 18.9 Å². The summed E-state index contributed by atoms with van der Waals surface area (Å²) in [6, 6.07) is 0.862. The van der Waals surface area contributed by atoms with Crippen LogP contribution in [0.1, 0.15) is 66.2 Å². The summed E-state index contributed by atoms with van der Waals surface area (Å²) in [4.78, 5) is 61.4. The number of aromatic nitrogens is 1. The molecule has 3 N–H and O–H groups in total. The van der Waals surface area contributed by atoms with Crippen molar-refractivity contribution in [2.45, 2.75) is 119 Å². The van der Waals surface area contributed by atoms with Gasteiger partial charge in [0.2, 0.25) is 27.7 Å². The van der Waals surface area contributed by atoms with E-state index in [2.05, 4.69) is 15.6 Å². The number of nitrogens with one attached hydrogen (secondary N) is 3. The van der Waals surface area contributed by atoms with Crippen LogP contribution < -0.4 is 24.8 Å². The predicted octanol–water partition coefficient (Wildman–Crippen LogP) is 3.84. The Morgan fingerprint density at radius 2 is 1.90 bits per heavy atom. The van der Waals surface area contributed by atoms with Gasteiger partial charge in [0.15, 0.2) is 5.60 Å². The fourth-order valence-corrected chi connectivity index (χ4v) is 8.74. The molecule has 6 rings (SSSR count). The van der Waals surface area contributed by atoms with Gasteiger partial charge in [-0.25, -0.2) is 35.8 Å². The number of benzene rings is 1. The Morgan fingerprint density at radius 1 is 1.17 bits per heavy atom. The number of sulfonamides is 1. The number of halogens is 4. The molecule has 2 aliphatic carbocycles. The SMILES string of the molecule is COc1cc(F)cc2c(O[C@@H]3C[C@H]4C(=O)N[C@]5(C(=O)NS(=O)(=O)C6(CF)CC6)C[C@H]5/C=C\CC[C@@H](C)O[C@@H](C)[C@H](NC(=O)OC(C)(C)C(F)F)C(=O)N4C3)nccc12. The van der Waals surface area contributed by atoms with Gasteiger partial charge in [-0.15, -0.1) is 0 Å². The zero-order valence-electron chi connectivity index (χ0n) is 32.6. The van der Waals surface area contributed by atoms with E-state index in [0.29, 0.717) is 18.2 Å². The molecule has 0 bridgehead atoms. The molecule has 4 amide bonds. The molecule has 3 fully saturated rings. The molecule has 318 valence electrons. The first kappa shape index (κ1) is 42.9. The Morgan fingerprint density at radius 3 is 2.55 bits per heavy atom. The molecule has 2 aliphatic heterocycles. The van der Waals surface area contributed by atoms with Gasteiger partial charge in [-0.05, 0) is 71.9 Å². The molecule has 1 aromatic carbocycles. The molecule has 20 heteroatoms. The summed E-state index contributed by atoms with van der Waals surface area (Å²) in [7, 11) is -3.12. The Balaban J connectivity index is 1.36. The molecule has 7 atom stereocenters. The quantitative estimate of drug-likeness (QED) is 0.233. The number of carbonyl (C=O) groups is 4. The number of nitrogens with zero attached hydrogens (tertiary/aromatic N) is 2. The van der Waals surface area contributed by atoms with Crippen LogP contribution in [-0.4, -0.2) is 115 Å². The van der Waals surface area contributed by atoms with Crippen LogP contribution in [0.5, 0.6) is 11.6 Å². The second-order valence-corrected chi connectivity index (χ2v) is 18.0. The number of ether oxygens (including phenoxy) is 4. The van der Waals surface area contributed by atoms with E-state index >= 15 is 0 Å². The number of fused-ring (bicyclic) bond motifs is 3. The van der Waals surface area contributed by atoms with Crippen molar-refractivity contribution in [3.05, 3.63) is 42.4 Å². The first-order valence-electron chi connectivity index (χ1n) is 18.9. The minimum atomic E-state index is -4.48. The van der Waals surface area contributed by atoms with Crippen LogP contribution in [0.2, 0.25) is 0 Å². The number of amides is 4. The Bertz CT molecular complexity index is 2090. The van der Waals surface area contributed by atoms with Gasteiger partial charge in [-0.3, -0.25) is 19.1 Å². The normalized spacial score (nSPS) is 29.2. The van der Waals surface area contributed by atoms with Crippen LogP contribution in [0.15, 0.2) is 36.5 Å². The van der Waals surface area contributed by atoms with Crippen molar-refractivity contribution in [3.63, 3.8) is 0 Å². The Hall–Kier alpha value is -4.72. The number of alkyl halides is 3. The second kappa shape index (κ2) is 16.1. The molecule has 4 aliphatic rings. The fourth-order valence-electron chi connectivity index (χ4n) is 7.31. The third kappa shape index (κ3) is 8.53. The predicted molar refractivity (Wildman–Crippen MR) is 199 cm³/mol. The molecular formula is C38H47F4N5O10S. The molecule has 1 aromatic heterocycles. The highest BCUT2D eigenvalue weighted by atomic mass is 32.2. The topological polar surface area (TPSA) is 192 Å². The number of methoxy groups -OCH3 is 1. The van der Waals surface area contributed by atoms with Crippen molar-refractivity contribution >= 4 is 44.6 Å². The molecule has 15 nitrogen and oxygen atoms in total.